The van der Waals surface area contributed by atoms with Crippen LogP contribution in [0.15, 0.2) is 9.98 Å². The molecule has 0 aliphatic heterocycles. The van der Waals surface area contributed by atoms with E-state index in [-0.39, 0.29) is 19.7 Å². The van der Waals surface area contributed by atoms with Gasteiger partial charge < -0.3 is 14.7 Å². The van der Waals surface area contributed by atoms with E-state index in [1.807, 2.05) is 0 Å². The van der Waals surface area contributed by atoms with Crippen molar-refractivity contribution in [1.82, 2.24) is 9.88 Å². The molecule has 0 saturated heterocycles. The molecule has 18 heavy (non-hydrogen) atoms. The Hall–Kier alpha value is -1.19. The number of aliphatic carboxylic acids is 1. The van der Waals surface area contributed by atoms with Gasteiger partial charge in [0.05, 0.1) is 16.6 Å². The van der Waals surface area contributed by atoms with Crippen molar-refractivity contribution in [2.24, 2.45) is 0 Å². The average molecular weight is 338 g/mol. The molecule has 9 heteroatoms. The lowest BCUT2D eigenvalue weighted by Crippen LogP contribution is -2.40. The molecule has 2 N–H and O–H groups in total. The maximum Gasteiger partial charge on any atom is 0.324 e. The molecule has 0 saturated carbocycles. The van der Waals surface area contributed by atoms with Crippen LogP contribution in [0.4, 0.5) is 9.93 Å². The summed E-state index contributed by atoms with van der Waals surface area (Å²) in [5, 5.41) is 11.6. The molecule has 0 radical (unpaired) electrons. The maximum atomic E-state index is 11.8. The number of halogens is 1. The number of carboxylic acids is 1. The molecule has 0 spiro atoms. The van der Waals surface area contributed by atoms with E-state index in [0.717, 1.165) is 8.69 Å². The highest BCUT2D eigenvalue weighted by atomic mass is 79.9. The van der Waals surface area contributed by atoms with Gasteiger partial charge in [-0.25, -0.2) is 9.78 Å². The van der Waals surface area contributed by atoms with E-state index >= 15 is 0 Å². The minimum absolute atomic E-state index is 0.196. The van der Waals surface area contributed by atoms with Gasteiger partial charge in [-0.05, 0) is 15.9 Å². The molecule has 2 amide bonds. The molecule has 0 atom stereocenters. The number of rotatable bonds is 6. The predicted molar refractivity (Wildman–Crippen MR) is 69.9 cm³/mol. The molecular formula is C9H12BrN3O4S. The van der Waals surface area contributed by atoms with Crippen molar-refractivity contribution in [2.75, 3.05) is 32.1 Å². The fraction of sp³-hybridized carbons (Fsp3) is 0.444. The fourth-order valence-corrected chi connectivity index (χ4v) is 2.20. The Morgan fingerprint density at radius 3 is 2.89 bits per heavy atom. The fourth-order valence-electron chi connectivity index (χ4n) is 1.10. The summed E-state index contributed by atoms with van der Waals surface area (Å²) in [5.41, 5.74) is 0. The monoisotopic (exact) mass is 337 g/mol. The Morgan fingerprint density at radius 1 is 1.67 bits per heavy atom. The maximum absolute atomic E-state index is 11.8. The average Bonchev–Trinajstić information content (AvgIpc) is 2.69. The molecule has 100 valence electrons. The minimum Gasteiger partial charge on any atom is -0.480 e. The van der Waals surface area contributed by atoms with E-state index in [1.165, 1.54) is 18.4 Å². The first kappa shape index (κ1) is 14.9. The van der Waals surface area contributed by atoms with E-state index in [2.05, 4.69) is 26.2 Å². The number of anilines is 1. The number of nitrogens with one attached hydrogen (secondary N) is 1. The largest absolute Gasteiger partial charge is 0.480 e. The van der Waals surface area contributed by atoms with Crippen LogP contribution in [0.1, 0.15) is 0 Å². The van der Waals surface area contributed by atoms with E-state index in [4.69, 9.17) is 9.84 Å². The zero-order valence-corrected chi connectivity index (χ0v) is 12.0. The van der Waals surface area contributed by atoms with Crippen molar-refractivity contribution in [2.45, 2.75) is 0 Å². The standard InChI is InChI=1S/C9H12BrN3O4S/c1-17-3-2-13(5-7(14)15)9(16)12-8-11-4-6(10)18-8/h4H,2-3,5H2,1H3,(H,14,15)(H,11,12,16). The van der Waals surface area contributed by atoms with Crippen LogP contribution in [-0.4, -0.2) is 53.8 Å². The molecule has 1 aromatic heterocycles. The summed E-state index contributed by atoms with van der Waals surface area (Å²) in [5.74, 6) is -1.08. The number of thiazole rings is 1. The first-order valence-electron chi connectivity index (χ1n) is 4.91. The van der Waals surface area contributed by atoms with Crippen LogP contribution in [0.2, 0.25) is 0 Å². The van der Waals surface area contributed by atoms with Gasteiger partial charge in [0.25, 0.3) is 0 Å². The molecule has 0 unspecified atom stereocenters. The van der Waals surface area contributed by atoms with Crippen molar-refractivity contribution < 1.29 is 19.4 Å². The highest BCUT2D eigenvalue weighted by molar-refractivity contribution is 9.11. The van der Waals surface area contributed by atoms with Crippen molar-refractivity contribution in [3.8, 4) is 0 Å². The van der Waals surface area contributed by atoms with Gasteiger partial charge in [-0.2, -0.15) is 0 Å². The zero-order chi connectivity index (χ0) is 13.5. The highest BCUT2D eigenvalue weighted by Gasteiger charge is 2.17. The number of ether oxygens (including phenoxy) is 1. The third kappa shape index (κ3) is 4.98. The second-order valence-electron chi connectivity index (χ2n) is 3.21. The van der Waals surface area contributed by atoms with Crippen LogP contribution in [0.5, 0.6) is 0 Å². The molecule has 7 nitrogen and oxygen atoms in total. The van der Waals surface area contributed by atoms with Gasteiger partial charge in [0.1, 0.15) is 6.54 Å². The third-order valence-corrected chi connectivity index (χ3v) is 3.26. The number of hydrogen-bond acceptors (Lipinski definition) is 5. The Balaban J connectivity index is 2.60. The van der Waals surface area contributed by atoms with E-state index < -0.39 is 12.0 Å². The highest BCUT2D eigenvalue weighted by Crippen LogP contribution is 2.23. The van der Waals surface area contributed by atoms with Crippen LogP contribution in [-0.2, 0) is 9.53 Å². The summed E-state index contributed by atoms with van der Waals surface area (Å²) >= 11 is 4.46. The summed E-state index contributed by atoms with van der Waals surface area (Å²) in [6.07, 6.45) is 1.55. The van der Waals surface area contributed by atoms with Crippen LogP contribution < -0.4 is 5.32 Å². The molecule has 0 aromatic carbocycles. The lowest BCUT2D eigenvalue weighted by molar-refractivity contribution is -0.137. The smallest absolute Gasteiger partial charge is 0.324 e. The summed E-state index contributed by atoms with van der Waals surface area (Å²) < 4.78 is 5.60. The molecule has 0 fully saturated rings. The van der Waals surface area contributed by atoms with Crippen molar-refractivity contribution >= 4 is 44.4 Å². The van der Waals surface area contributed by atoms with Crippen molar-refractivity contribution in [3.63, 3.8) is 0 Å². The summed E-state index contributed by atoms with van der Waals surface area (Å²) in [7, 11) is 1.48. The molecular weight excluding hydrogens is 326 g/mol. The van der Waals surface area contributed by atoms with E-state index in [1.54, 1.807) is 6.20 Å². The number of amides is 2. The Bertz CT molecular complexity index is 426. The van der Waals surface area contributed by atoms with E-state index in [0.29, 0.717) is 5.13 Å². The first-order valence-corrected chi connectivity index (χ1v) is 6.52. The topological polar surface area (TPSA) is 91.8 Å². The lowest BCUT2D eigenvalue weighted by atomic mass is 10.5. The summed E-state index contributed by atoms with van der Waals surface area (Å²) in [6.45, 7) is 0.0746. The van der Waals surface area contributed by atoms with Crippen molar-refractivity contribution in [1.29, 1.82) is 0 Å². The third-order valence-electron chi connectivity index (χ3n) is 1.87. The molecule has 0 aliphatic carbocycles. The van der Waals surface area contributed by atoms with Crippen LogP contribution in [0.3, 0.4) is 0 Å². The Kier molecular flexibility index (Phi) is 6.02. The van der Waals surface area contributed by atoms with Gasteiger partial charge >= 0.3 is 12.0 Å². The molecule has 0 bridgehead atoms. The summed E-state index contributed by atoms with van der Waals surface area (Å²) in [4.78, 5) is 27.5. The van der Waals surface area contributed by atoms with Gasteiger partial charge in [0.2, 0.25) is 0 Å². The SMILES string of the molecule is COCCN(CC(=O)O)C(=O)Nc1ncc(Br)s1. The van der Waals surface area contributed by atoms with Crippen molar-refractivity contribution in [3.05, 3.63) is 9.98 Å². The zero-order valence-electron chi connectivity index (χ0n) is 9.55. The lowest BCUT2D eigenvalue weighted by Gasteiger charge is -2.19. The van der Waals surface area contributed by atoms with Gasteiger partial charge in [-0.1, -0.05) is 11.3 Å². The Morgan fingerprint density at radius 2 is 2.39 bits per heavy atom. The minimum atomic E-state index is -1.08. The molecule has 1 rings (SSSR count). The van der Waals surface area contributed by atoms with Gasteiger partial charge in [0, 0.05) is 13.7 Å². The number of methoxy groups -OCH3 is 1. The van der Waals surface area contributed by atoms with Crippen LogP contribution >= 0.6 is 27.3 Å². The number of aromatic nitrogens is 1. The quantitative estimate of drug-likeness (QED) is 0.820. The predicted octanol–water partition coefficient (Wildman–Crippen LogP) is 1.47. The van der Waals surface area contributed by atoms with Crippen LogP contribution in [0, 0.1) is 0 Å². The first-order chi connectivity index (χ1) is 8.52. The van der Waals surface area contributed by atoms with Gasteiger partial charge in [-0.3, -0.25) is 10.1 Å². The molecule has 1 aromatic rings. The Labute approximate surface area is 116 Å². The number of carbonyl (C=O) groups excluding carboxylic acids is 1. The van der Waals surface area contributed by atoms with E-state index in [9.17, 15) is 9.59 Å². The number of nitrogens with zero attached hydrogens (tertiary/aromatic N) is 2. The second kappa shape index (κ2) is 7.29. The summed E-state index contributed by atoms with van der Waals surface area (Å²) in [6, 6.07) is -0.517. The number of carboxylic acid groups (broad SMARTS) is 1. The molecule has 0 aliphatic rings. The second-order valence-corrected chi connectivity index (χ2v) is 5.62. The number of hydrogen-bond donors (Lipinski definition) is 2. The van der Waals surface area contributed by atoms with Crippen LogP contribution in [0.25, 0.3) is 0 Å². The van der Waals surface area contributed by atoms with Gasteiger partial charge in [0.15, 0.2) is 5.13 Å². The number of carbonyl (C=O) groups is 2. The molecule has 1 heterocycles. The normalized spacial score (nSPS) is 10.1. The van der Waals surface area contributed by atoms with Gasteiger partial charge in [-0.15, -0.1) is 0 Å². The number of urea groups is 1.